The lowest BCUT2D eigenvalue weighted by Gasteiger charge is -2.37. The number of piperidine rings is 1. The second-order valence-corrected chi connectivity index (χ2v) is 7.31. The zero-order valence-electron chi connectivity index (χ0n) is 12.7. The second kappa shape index (κ2) is 5.48. The lowest BCUT2D eigenvalue weighted by atomic mass is 9.85. The van der Waals surface area contributed by atoms with Gasteiger partial charge >= 0.3 is 0 Å². The third-order valence-corrected chi connectivity index (χ3v) is 5.35. The van der Waals surface area contributed by atoms with Crippen LogP contribution in [0.3, 0.4) is 0 Å². The van der Waals surface area contributed by atoms with E-state index in [0.717, 1.165) is 12.0 Å². The molecule has 2 N–H and O–H groups in total. The molecule has 0 aromatic carbocycles. The summed E-state index contributed by atoms with van der Waals surface area (Å²) in [7, 11) is 4.41. The summed E-state index contributed by atoms with van der Waals surface area (Å²) in [6, 6.07) is 1.18. The van der Waals surface area contributed by atoms with Gasteiger partial charge in [-0.3, -0.25) is 0 Å². The first-order chi connectivity index (χ1) is 8.40. The molecule has 2 fully saturated rings. The van der Waals surface area contributed by atoms with Crippen molar-refractivity contribution in [1.82, 2.24) is 9.80 Å². The van der Waals surface area contributed by atoms with Crippen LogP contribution in [-0.4, -0.2) is 55.6 Å². The maximum absolute atomic E-state index is 6.41. The molecule has 2 aliphatic rings. The fourth-order valence-electron chi connectivity index (χ4n) is 3.70. The lowest BCUT2D eigenvalue weighted by Crippen LogP contribution is -2.46. The quantitative estimate of drug-likeness (QED) is 0.832. The van der Waals surface area contributed by atoms with Crippen LogP contribution in [0.25, 0.3) is 0 Å². The van der Waals surface area contributed by atoms with Gasteiger partial charge in [0.1, 0.15) is 0 Å². The van der Waals surface area contributed by atoms with Gasteiger partial charge < -0.3 is 15.5 Å². The zero-order valence-corrected chi connectivity index (χ0v) is 12.7. The summed E-state index contributed by atoms with van der Waals surface area (Å²) in [5.41, 5.74) is 6.77. The lowest BCUT2D eigenvalue weighted by molar-refractivity contribution is 0.124. The fourth-order valence-corrected chi connectivity index (χ4v) is 3.70. The van der Waals surface area contributed by atoms with Crippen molar-refractivity contribution in [3.8, 4) is 0 Å². The van der Waals surface area contributed by atoms with Gasteiger partial charge in [-0.2, -0.15) is 0 Å². The molecule has 2 atom stereocenters. The van der Waals surface area contributed by atoms with Gasteiger partial charge in [-0.1, -0.05) is 13.8 Å². The summed E-state index contributed by atoms with van der Waals surface area (Å²) in [5, 5.41) is 0. The highest BCUT2D eigenvalue weighted by molar-refractivity contribution is 4.95. The minimum atomic E-state index is 0.354. The van der Waals surface area contributed by atoms with E-state index < -0.39 is 0 Å². The second-order valence-electron chi connectivity index (χ2n) is 7.31. The first-order valence-corrected chi connectivity index (χ1v) is 7.54. The Morgan fingerprint density at radius 1 is 1.17 bits per heavy atom. The van der Waals surface area contributed by atoms with Crippen LogP contribution in [0.4, 0.5) is 0 Å². The van der Waals surface area contributed by atoms with Crippen LogP contribution in [0.15, 0.2) is 0 Å². The van der Waals surface area contributed by atoms with Crippen molar-refractivity contribution in [2.24, 2.45) is 17.1 Å². The summed E-state index contributed by atoms with van der Waals surface area (Å²) in [6.07, 6.45) is 5.26. The van der Waals surface area contributed by atoms with Crippen molar-refractivity contribution < 1.29 is 0 Å². The van der Waals surface area contributed by atoms with E-state index in [4.69, 9.17) is 5.73 Å². The van der Waals surface area contributed by atoms with Gasteiger partial charge in [0.15, 0.2) is 0 Å². The molecule has 3 heteroatoms. The van der Waals surface area contributed by atoms with E-state index in [-0.39, 0.29) is 0 Å². The Hall–Kier alpha value is -0.120. The molecular formula is C15H31N3. The molecule has 0 amide bonds. The smallest absolute Gasteiger partial charge is 0.0131 e. The predicted octanol–water partition coefficient (Wildman–Crippen LogP) is 1.78. The molecule has 2 unspecified atom stereocenters. The SMILES string of the molecule is CN(C)C1CCN(CC2CCC(C)(C)C2N)CC1. The first-order valence-electron chi connectivity index (χ1n) is 7.54. The Kier molecular flexibility index (Phi) is 4.35. The van der Waals surface area contributed by atoms with Crippen molar-refractivity contribution >= 4 is 0 Å². The standard InChI is InChI=1S/C15H31N3/c1-15(2)8-5-12(14(15)16)11-18-9-6-13(7-10-18)17(3)4/h12-14H,5-11,16H2,1-4H3. The Balaban J connectivity index is 1.79. The predicted molar refractivity (Wildman–Crippen MR) is 77.6 cm³/mol. The van der Waals surface area contributed by atoms with E-state index in [0.29, 0.717) is 11.5 Å². The van der Waals surface area contributed by atoms with Gasteiger partial charge in [-0.15, -0.1) is 0 Å². The van der Waals surface area contributed by atoms with E-state index in [1.807, 2.05) is 0 Å². The molecule has 0 spiro atoms. The minimum Gasteiger partial charge on any atom is -0.327 e. The van der Waals surface area contributed by atoms with Crippen molar-refractivity contribution in [3.63, 3.8) is 0 Å². The largest absolute Gasteiger partial charge is 0.327 e. The molecule has 3 nitrogen and oxygen atoms in total. The molecule has 0 aromatic heterocycles. The molecule has 0 aromatic rings. The highest BCUT2D eigenvalue weighted by Crippen LogP contribution is 2.40. The van der Waals surface area contributed by atoms with Crippen LogP contribution >= 0.6 is 0 Å². The van der Waals surface area contributed by atoms with E-state index in [9.17, 15) is 0 Å². The number of likely N-dealkylation sites (tertiary alicyclic amines) is 1. The van der Waals surface area contributed by atoms with Gasteiger partial charge in [0.2, 0.25) is 0 Å². The number of rotatable bonds is 3. The summed E-state index contributed by atoms with van der Waals surface area (Å²) in [4.78, 5) is 5.02. The van der Waals surface area contributed by atoms with Crippen LogP contribution in [0.2, 0.25) is 0 Å². The molecule has 1 heterocycles. The van der Waals surface area contributed by atoms with Crippen LogP contribution in [0.5, 0.6) is 0 Å². The minimum absolute atomic E-state index is 0.354. The average molecular weight is 253 g/mol. The maximum Gasteiger partial charge on any atom is 0.0131 e. The molecular weight excluding hydrogens is 222 g/mol. The van der Waals surface area contributed by atoms with Crippen molar-refractivity contribution in [2.75, 3.05) is 33.7 Å². The monoisotopic (exact) mass is 253 g/mol. The molecule has 18 heavy (non-hydrogen) atoms. The van der Waals surface area contributed by atoms with Gasteiger partial charge in [-0.25, -0.2) is 0 Å². The average Bonchev–Trinajstić information content (AvgIpc) is 2.57. The van der Waals surface area contributed by atoms with Gasteiger partial charge in [0.05, 0.1) is 0 Å². The third kappa shape index (κ3) is 3.06. The van der Waals surface area contributed by atoms with Crippen LogP contribution in [-0.2, 0) is 0 Å². The van der Waals surface area contributed by atoms with Gasteiger partial charge in [0, 0.05) is 18.6 Å². The number of nitrogens with zero attached hydrogens (tertiary/aromatic N) is 2. The molecule has 0 radical (unpaired) electrons. The van der Waals surface area contributed by atoms with E-state index in [2.05, 4.69) is 37.7 Å². The molecule has 106 valence electrons. The number of hydrogen-bond donors (Lipinski definition) is 1. The molecule has 1 aliphatic carbocycles. The third-order valence-electron chi connectivity index (χ3n) is 5.35. The van der Waals surface area contributed by atoms with Crippen LogP contribution in [0.1, 0.15) is 39.5 Å². The Labute approximate surface area is 113 Å². The number of hydrogen-bond acceptors (Lipinski definition) is 3. The van der Waals surface area contributed by atoms with E-state index >= 15 is 0 Å². The Morgan fingerprint density at radius 3 is 2.22 bits per heavy atom. The molecule has 1 aliphatic heterocycles. The molecule has 1 saturated carbocycles. The van der Waals surface area contributed by atoms with E-state index in [1.165, 1.54) is 45.3 Å². The Bertz CT molecular complexity index is 267. The summed E-state index contributed by atoms with van der Waals surface area (Å²) in [6.45, 7) is 8.40. The van der Waals surface area contributed by atoms with Crippen LogP contribution < -0.4 is 5.73 Å². The molecule has 0 bridgehead atoms. The van der Waals surface area contributed by atoms with E-state index in [1.54, 1.807) is 0 Å². The molecule has 2 rings (SSSR count). The first kappa shape index (κ1) is 14.3. The number of nitrogens with two attached hydrogens (primary N) is 1. The topological polar surface area (TPSA) is 32.5 Å². The highest BCUT2D eigenvalue weighted by Gasteiger charge is 2.40. The summed E-state index contributed by atoms with van der Waals surface area (Å²) < 4.78 is 0. The molecule has 1 saturated heterocycles. The van der Waals surface area contributed by atoms with Gasteiger partial charge in [-0.05, 0) is 64.2 Å². The highest BCUT2D eigenvalue weighted by atomic mass is 15.2. The van der Waals surface area contributed by atoms with Crippen LogP contribution in [0, 0.1) is 11.3 Å². The summed E-state index contributed by atoms with van der Waals surface area (Å²) in [5.74, 6) is 0.718. The zero-order chi connectivity index (χ0) is 13.3. The van der Waals surface area contributed by atoms with Crippen molar-refractivity contribution in [2.45, 2.75) is 51.6 Å². The van der Waals surface area contributed by atoms with Crippen molar-refractivity contribution in [1.29, 1.82) is 0 Å². The maximum atomic E-state index is 6.41. The summed E-state index contributed by atoms with van der Waals surface area (Å²) >= 11 is 0. The normalized spacial score (nSPS) is 34.3. The fraction of sp³-hybridized carbons (Fsp3) is 1.00. The van der Waals surface area contributed by atoms with Gasteiger partial charge in [0.25, 0.3) is 0 Å². The van der Waals surface area contributed by atoms with Crippen molar-refractivity contribution in [3.05, 3.63) is 0 Å². The Morgan fingerprint density at radius 2 is 1.78 bits per heavy atom.